The fourth-order valence-corrected chi connectivity index (χ4v) is 4.09. The molecule has 3 rings (SSSR count). The average Bonchev–Trinajstić information content (AvgIpc) is 2.77. The van der Waals surface area contributed by atoms with Gasteiger partial charge in [-0.05, 0) is 43.5 Å². The largest absolute Gasteiger partial charge is 0.378 e. The van der Waals surface area contributed by atoms with Crippen molar-refractivity contribution >= 4 is 17.6 Å². The number of amides is 3. The van der Waals surface area contributed by atoms with E-state index in [2.05, 4.69) is 5.32 Å². The van der Waals surface area contributed by atoms with Crippen molar-refractivity contribution in [1.29, 1.82) is 0 Å². The van der Waals surface area contributed by atoms with Gasteiger partial charge in [0.1, 0.15) is 0 Å². The summed E-state index contributed by atoms with van der Waals surface area (Å²) < 4.78 is 5.30. The van der Waals surface area contributed by atoms with Crippen molar-refractivity contribution in [2.45, 2.75) is 45.1 Å². The van der Waals surface area contributed by atoms with E-state index >= 15 is 0 Å². The number of nitrogens with zero attached hydrogens (tertiary/aromatic N) is 2. The number of benzene rings is 1. The van der Waals surface area contributed by atoms with Crippen LogP contribution in [0.25, 0.3) is 0 Å². The Labute approximate surface area is 173 Å². The minimum atomic E-state index is -0.108. The molecule has 7 nitrogen and oxygen atoms in total. The van der Waals surface area contributed by atoms with Gasteiger partial charge in [-0.1, -0.05) is 31.4 Å². The number of anilines is 1. The Bertz CT molecular complexity index is 670. The molecule has 1 aromatic rings. The first-order chi connectivity index (χ1) is 14.2. The number of carbonyl (C=O) groups excluding carboxylic acids is 2. The molecule has 1 aliphatic heterocycles. The molecule has 1 aliphatic carbocycles. The highest BCUT2D eigenvalue weighted by Gasteiger charge is 2.26. The summed E-state index contributed by atoms with van der Waals surface area (Å²) in [5, 5.41) is 2.97. The molecule has 0 radical (unpaired) electrons. The van der Waals surface area contributed by atoms with Crippen LogP contribution in [0.15, 0.2) is 24.3 Å². The van der Waals surface area contributed by atoms with Crippen molar-refractivity contribution in [2.75, 3.05) is 44.7 Å². The zero-order valence-electron chi connectivity index (χ0n) is 17.3. The van der Waals surface area contributed by atoms with Crippen LogP contribution in [0.2, 0.25) is 0 Å². The summed E-state index contributed by atoms with van der Waals surface area (Å²) in [6.07, 6.45) is 6.30. The number of hydrogen-bond donors (Lipinski definition) is 2. The van der Waals surface area contributed by atoms with Crippen molar-refractivity contribution in [3.63, 3.8) is 0 Å². The number of nitrogens with two attached hydrogens (primary N) is 1. The average molecular weight is 403 g/mol. The second kappa shape index (κ2) is 11.2. The molecule has 160 valence electrons. The van der Waals surface area contributed by atoms with E-state index in [1.807, 2.05) is 29.2 Å². The van der Waals surface area contributed by atoms with Crippen molar-refractivity contribution in [2.24, 2.45) is 11.7 Å². The minimum absolute atomic E-state index is 0.108. The third-order valence-electron chi connectivity index (χ3n) is 5.75. The van der Waals surface area contributed by atoms with E-state index < -0.39 is 0 Å². The first kappa shape index (κ1) is 21.6. The van der Waals surface area contributed by atoms with Gasteiger partial charge in [-0.2, -0.15) is 0 Å². The third-order valence-corrected chi connectivity index (χ3v) is 5.75. The van der Waals surface area contributed by atoms with Gasteiger partial charge in [0.05, 0.1) is 13.2 Å². The Balaban J connectivity index is 1.63. The van der Waals surface area contributed by atoms with Crippen LogP contribution in [0.1, 0.15) is 44.1 Å². The smallest absolute Gasteiger partial charge is 0.321 e. The summed E-state index contributed by atoms with van der Waals surface area (Å²) in [6.45, 7) is 4.17. The maximum absolute atomic E-state index is 13.1. The van der Waals surface area contributed by atoms with E-state index in [0.29, 0.717) is 45.9 Å². The molecule has 3 N–H and O–H groups in total. The molecule has 2 aliphatic rings. The topological polar surface area (TPSA) is 87.9 Å². The lowest BCUT2D eigenvalue weighted by molar-refractivity contribution is -0.137. The second-order valence-electron chi connectivity index (χ2n) is 7.97. The van der Waals surface area contributed by atoms with Gasteiger partial charge in [0.2, 0.25) is 5.91 Å². The van der Waals surface area contributed by atoms with Gasteiger partial charge in [-0.3, -0.25) is 4.79 Å². The van der Waals surface area contributed by atoms with Gasteiger partial charge in [-0.25, -0.2) is 4.79 Å². The Hall–Kier alpha value is -2.12. The molecule has 0 atom stereocenters. The first-order valence-corrected chi connectivity index (χ1v) is 10.9. The SMILES string of the molecule is NCCCN(Cc1cccc(NC(=O)N2CCOCC2)c1)C(=O)C1CCCCC1. The molecular weight excluding hydrogens is 368 g/mol. The third kappa shape index (κ3) is 6.44. The van der Waals surface area contributed by atoms with Crippen molar-refractivity contribution in [1.82, 2.24) is 9.80 Å². The molecule has 3 amide bonds. The summed E-state index contributed by atoms with van der Waals surface area (Å²) >= 11 is 0. The van der Waals surface area contributed by atoms with Gasteiger partial charge in [0, 0.05) is 37.8 Å². The van der Waals surface area contributed by atoms with E-state index in [1.54, 1.807) is 4.90 Å². The van der Waals surface area contributed by atoms with Crippen LogP contribution in [-0.4, -0.2) is 61.1 Å². The number of hydrogen-bond acceptors (Lipinski definition) is 4. The van der Waals surface area contributed by atoms with Crippen LogP contribution >= 0.6 is 0 Å². The molecule has 2 fully saturated rings. The van der Waals surface area contributed by atoms with Crippen LogP contribution in [0.5, 0.6) is 0 Å². The molecule has 29 heavy (non-hydrogen) atoms. The normalized spacial score (nSPS) is 17.8. The molecule has 0 aromatic heterocycles. The number of morpholine rings is 1. The zero-order chi connectivity index (χ0) is 20.5. The Kier molecular flexibility index (Phi) is 8.31. The first-order valence-electron chi connectivity index (χ1n) is 10.9. The molecular formula is C22H34N4O3. The summed E-state index contributed by atoms with van der Waals surface area (Å²) in [4.78, 5) is 29.2. The van der Waals surface area contributed by atoms with Gasteiger partial charge < -0.3 is 25.6 Å². The summed E-state index contributed by atoms with van der Waals surface area (Å²) in [7, 11) is 0. The molecule has 0 spiro atoms. The van der Waals surface area contributed by atoms with E-state index in [4.69, 9.17) is 10.5 Å². The van der Waals surface area contributed by atoms with Crippen LogP contribution in [0.3, 0.4) is 0 Å². The van der Waals surface area contributed by atoms with Crippen LogP contribution in [-0.2, 0) is 16.1 Å². The quantitative estimate of drug-likeness (QED) is 0.734. The van der Waals surface area contributed by atoms with Crippen LogP contribution in [0.4, 0.5) is 10.5 Å². The number of rotatable bonds is 7. The van der Waals surface area contributed by atoms with Gasteiger partial charge in [-0.15, -0.1) is 0 Å². The standard InChI is InChI=1S/C22H34N4O3/c23-10-5-11-26(21(27)19-7-2-1-3-8-19)17-18-6-4-9-20(16-18)24-22(28)25-12-14-29-15-13-25/h4,6,9,16,19H,1-3,5,7-8,10-15,17,23H2,(H,24,28). The molecule has 7 heteroatoms. The maximum atomic E-state index is 13.1. The van der Waals surface area contributed by atoms with Gasteiger partial charge >= 0.3 is 6.03 Å². The molecule has 1 saturated carbocycles. The molecule has 0 bridgehead atoms. The van der Waals surface area contributed by atoms with Crippen LogP contribution < -0.4 is 11.1 Å². The zero-order valence-corrected chi connectivity index (χ0v) is 17.3. The monoisotopic (exact) mass is 402 g/mol. The number of ether oxygens (including phenoxy) is 1. The molecule has 1 aromatic carbocycles. The molecule has 1 saturated heterocycles. The van der Waals surface area contributed by atoms with E-state index in [0.717, 1.165) is 43.4 Å². The highest BCUT2D eigenvalue weighted by atomic mass is 16.5. The Morgan fingerprint density at radius 3 is 2.66 bits per heavy atom. The predicted molar refractivity (Wildman–Crippen MR) is 114 cm³/mol. The lowest BCUT2D eigenvalue weighted by Gasteiger charge is -2.30. The molecule has 0 unspecified atom stereocenters. The van der Waals surface area contributed by atoms with Crippen LogP contribution in [0, 0.1) is 5.92 Å². The van der Waals surface area contributed by atoms with E-state index in [1.165, 1.54) is 6.42 Å². The fourth-order valence-electron chi connectivity index (χ4n) is 4.09. The number of carbonyl (C=O) groups is 2. The second-order valence-corrected chi connectivity index (χ2v) is 7.97. The Morgan fingerprint density at radius 2 is 1.93 bits per heavy atom. The summed E-state index contributed by atoms with van der Waals surface area (Å²) in [5.74, 6) is 0.395. The minimum Gasteiger partial charge on any atom is -0.378 e. The lowest BCUT2D eigenvalue weighted by atomic mass is 9.88. The predicted octanol–water partition coefficient (Wildman–Crippen LogP) is 2.81. The van der Waals surface area contributed by atoms with Gasteiger partial charge in [0.25, 0.3) is 0 Å². The fraction of sp³-hybridized carbons (Fsp3) is 0.636. The highest BCUT2D eigenvalue weighted by molar-refractivity contribution is 5.89. The van der Waals surface area contributed by atoms with Gasteiger partial charge in [0.15, 0.2) is 0 Å². The summed E-state index contributed by atoms with van der Waals surface area (Å²) in [6, 6.07) is 7.67. The lowest BCUT2D eigenvalue weighted by Crippen LogP contribution is -2.43. The number of nitrogens with one attached hydrogen (secondary N) is 1. The summed E-state index contributed by atoms with van der Waals surface area (Å²) in [5.41, 5.74) is 7.47. The van der Waals surface area contributed by atoms with Crippen molar-refractivity contribution in [3.05, 3.63) is 29.8 Å². The molecule has 1 heterocycles. The van der Waals surface area contributed by atoms with E-state index in [9.17, 15) is 9.59 Å². The van der Waals surface area contributed by atoms with Crippen molar-refractivity contribution in [3.8, 4) is 0 Å². The highest BCUT2D eigenvalue weighted by Crippen LogP contribution is 2.26. The maximum Gasteiger partial charge on any atom is 0.321 e. The van der Waals surface area contributed by atoms with E-state index in [-0.39, 0.29) is 17.9 Å². The number of urea groups is 1. The Morgan fingerprint density at radius 1 is 1.17 bits per heavy atom. The van der Waals surface area contributed by atoms with Crippen molar-refractivity contribution < 1.29 is 14.3 Å².